The van der Waals surface area contributed by atoms with Gasteiger partial charge in [-0.05, 0) is 18.8 Å². The number of nitrogens with zero attached hydrogens (tertiary/aromatic N) is 1. The number of nitrogens with one attached hydrogen (secondary N) is 1. The van der Waals surface area contributed by atoms with Crippen LogP contribution in [0.1, 0.15) is 55.7 Å². The third-order valence-electron chi connectivity index (χ3n) is 4.76. The van der Waals surface area contributed by atoms with E-state index in [1.807, 2.05) is 0 Å². The zero-order valence-corrected chi connectivity index (χ0v) is 11.6. The van der Waals surface area contributed by atoms with Crippen molar-refractivity contribution >= 4 is 0 Å². The molecule has 3 rings (SSSR count). The van der Waals surface area contributed by atoms with E-state index >= 15 is 0 Å². The molecule has 2 aliphatic rings. The Labute approximate surface area is 117 Å². The first kappa shape index (κ1) is 14.0. The van der Waals surface area contributed by atoms with Crippen molar-refractivity contribution in [2.45, 2.75) is 64.0 Å². The third-order valence-corrected chi connectivity index (χ3v) is 4.76. The first-order chi connectivity index (χ1) is 9.52. The highest BCUT2D eigenvalue weighted by Gasteiger charge is 2.42. The molecule has 1 aromatic heterocycles. The lowest BCUT2D eigenvalue weighted by molar-refractivity contribution is -0.177. The molecule has 0 aliphatic heterocycles. The summed E-state index contributed by atoms with van der Waals surface area (Å²) < 4.78 is 38.3. The van der Waals surface area contributed by atoms with Crippen LogP contribution in [0.3, 0.4) is 0 Å². The van der Waals surface area contributed by atoms with E-state index in [4.69, 9.17) is 0 Å². The number of aromatic nitrogens is 2. The summed E-state index contributed by atoms with van der Waals surface area (Å²) in [5.74, 6) is 0.373. The lowest BCUT2D eigenvalue weighted by Crippen LogP contribution is -2.28. The molecule has 1 fully saturated rings. The van der Waals surface area contributed by atoms with Crippen molar-refractivity contribution in [1.82, 2.24) is 9.97 Å². The van der Waals surface area contributed by atoms with E-state index in [2.05, 4.69) is 9.97 Å². The number of aryl methyl sites for hydroxylation is 1. The molecule has 0 aromatic carbocycles. The van der Waals surface area contributed by atoms with Gasteiger partial charge in [-0.3, -0.25) is 0 Å². The van der Waals surface area contributed by atoms with Gasteiger partial charge in [-0.15, -0.1) is 0 Å². The van der Waals surface area contributed by atoms with Crippen LogP contribution in [0.15, 0.2) is 0 Å². The highest BCUT2D eigenvalue weighted by atomic mass is 19.4. The maximum atomic E-state index is 12.8. The van der Waals surface area contributed by atoms with Crippen molar-refractivity contribution in [3.8, 4) is 0 Å². The molecular formula is C15H21F3N2. The lowest BCUT2D eigenvalue weighted by Gasteiger charge is -2.23. The Morgan fingerprint density at radius 1 is 1.10 bits per heavy atom. The number of alkyl halides is 3. The molecule has 1 saturated carbocycles. The first-order valence-electron chi connectivity index (χ1n) is 7.65. The summed E-state index contributed by atoms with van der Waals surface area (Å²) in [5.41, 5.74) is 1.60. The number of halogens is 3. The number of fused-ring (bicyclic) bond motifs is 1. The second-order valence-corrected chi connectivity index (χ2v) is 6.30. The zero-order chi connectivity index (χ0) is 14.2. The fourth-order valence-corrected chi connectivity index (χ4v) is 3.58. The van der Waals surface area contributed by atoms with Crippen molar-refractivity contribution < 1.29 is 13.2 Å². The van der Waals surface area contributed by atoms with Crippen LogP contribution >= 0.6 is 0 Å². The molecule has 5 heteroatoms. The van der Waals surface area contributed by atoms with Gasteiger partial charge in [0, 0.05) is 18.5 Å². The van der Waals surface area contributed by atoms with E-state index in [9.17, 15) is 13.2 Å². The van der Waals surface area contributed by atoms with Gasteiger partial charge < -0.3 is 4.98 Å². The number of hydrogen-bond donors (Lipinski definition) is 1. The number of hydrogen-bond acceptors (Lipinski definition) is 1. The van der Waals surface area contributed by atoms with Crippen molar-refractivity contribution in [3.63, 3.8) is 0 Å². The maximum absolute atomic E-state index is 12.8. The van der Waals surface area contributed by atoms with E-state index in [1.165, 1.54) is 32.1 Å². The Morgan fingerprint density at radius 3 is 2.55 bits per heavy atom. The normalized spacial score (nSPS) is 24.6. The molecule has 1 N–H and O–H groups in total. The second kappa shape index (κ2) is 5.41. The molecular weight excluding hydrogens is 265 g/mol. The van der Waals surface area contributed by atoms with Crippen molar-refractivity contribution in [2.75, 3.05) is 0 Å². The minimum absolute atomic E-state index is 0.0799. The first-order valence-corrected chi connectivity index (χ1v) is 7.65. The lowest BCUT2D eigenvalue weighted by atomic mass is 9.87. The van der Waals surface area contributed by atoms with Gasteiger partial charge in [0.05, 0.1) is 11.6 Å². The van der Waals surface area contributed by atoms with E-state index in [1.54, 1.807) is 0 Å². The fourth-order valence-electron chi connectivity index (χ4n) is 3.58. The molecule has 0 amide bonds. The smallest absolute Gasteiger partial charge is 0.346 e. The molecule has 1 atom stereocenters. The van der Waals surface area contributed by atoms with Gasteiger partial charge in [-0.1, -0.05) is 32.1 Å². The molecule has 1 heterocycles. The third kappa shape index (κ3) is 3.01. The van der Waals surface area contributed by atoms with E-state index in [0.717, 1.165) is 23.6 Å². The SMILES string of the molecule is FC(F)(F)C1CCc2nc(CC3CCCCC3)[nH]c2C1. The summed E-state index contributed by atoms with van der Waals surface area (Å²) >= 11 is 0. The Balaban J connectivity index is 1.67. The largest absolute Gasteiger partial charge is 0.392 e. The number of imidazole rings is 1. The van der Waals surface area contributed by atoms with Gasteiger partial charge in [-0.2, -0.15) is 13.2 Å². The average molecular weight is 286 g/mol. The number of rotatable bonds is 2. The Bertz CT molecular complexity index is 458. The standard InChI is InChI=1S/C15H21F3N2/c16-15(17,18)11-6-7-12-13(9-11)20-14(19-12)8-10-4-2-1-3-5-10/h10-11H,1-9H2,(H,19,20). The van der Waals surface area contributed by atoms with Gasteiger partial charge in [-0.25, -0.2) is 4.98 Å². The predicted octanol–water partition coefficient (Wildman–Crippen LogP) is 4.20. The average Bonchev–Trinajstić information content (AvgIpc) is 2.80. The number of H-pyrrole nitrogens is 1. The molecule has 0 spiro atoms. The summed E-state index contributed by atoms with van der Waals surface area (Å²) in [6.45, 7) is 0. The zero-order valence-electron chi connectivity index (χ0n) is 11.6. The summed E-state index contributed by atoms with van der Waals surface area (Å²) in [6.07, 6.45) is 3.89. The van der Waals surface area contributed by atoms with Crippen molar-refractivity contribution in [3.05, 3.63) is 17.2 Å². The summed E-state index contributed by atoms with van der Waals surface area (Å²) in [5, 5.41) is 0. The summed E-state index contributed by atoms with van der Waals surface area (Å²) in [4.78, 5) is 7.71. The highest BCUT2D eigenvalue weighted by Crippen LogP contribution is 2.36. The van der Waals surface area contributed by atoms with Crippen molar-refractivity contribution in [2.24, 2.45) is 11.8 Å². The quantitative estimate of drug-likeness (QED) is 0.867. The van der Waals surface area contributed by atoms with Gasteiger partial charge in [0.1, 0.15) is 5.82 Å². The second-order valence-electron chi connectivity index (χ2n) is 6.30. The Morgan fingerprint density at radius 2 is 1.85 bits per heavy atom. The molecule has 0 saturated heterocycles. The molecule has 20 heavy (non-hydrogen) atoms. The van der Waals surface area contributed by atoms with Crippen LogP contribution in [-0.4, -0.2) is 16.1 Å². The van der Waals surface area contributed by atoms with E-state index < -0.39 is 12.1 Å². The van der Waals surface area contributed by atoms with Crippen LogP contribution in [0, 0.1) is 11.8 Å². The minimum Gasteiger partial charge on any atom is -0.346 e. The monoisotopic (exact) mass is 286 g/mol. The van der Waals surface area contributed by atoms with Crippen LogP contribution in [0.2, 0.25) is 0 Å². The van der Waals surface area contributed by atoms with Gasteiger partial charge >= 0.3 is 6.18 Å². The van der Waals surface area contributed by atoms with E-state index in [-0.39, 0.29) is 12.8 Å². The fraction of sp³-hybridized carbons (Fsp3) is 0.800. The van der Waals surface area contributed by atoms with Gasteiger partial charge in [0.15, 0.2) is 0 Å². The van der Waals surface area contributed by atoms with Crippen LogP contribution < -0.4 is 0 Å². The molecule has 2 nitrogen and oxygen atoms in total. The van der Waals surface area contributed by atoms with Crippen molar-refractivity contribution in [1.29, 1.82) is 0 Å². The topological polar surface area (TPSA) is 28.7 Å². The van der Waals surface area contributed by atoms with Gasteiger partial charge in [0.2, 0.25) is 0 Å². The molecule has 1 unspecified atom stereocenters. The molecule has 0 radical (unpaired) electrons. The molecule has 1 aromatic rings. The Hall–Kier alpha value is -1.00. The Kier molecular flexibility index (Phi) is 3.78. The van der Waals surface area contributed by atoms with Gasteiger partial charge in [0.25, 0.3) is 0 Å². The maximum Gasteiger partial charge on any atom is 0.392 e. The summed E-state index contributed by atoms with van der Waals surface area (Å²) in [6, 6.07) is 0. The summed E-state index contributed by atoms with van der Waals surface area (Å²) in [7, 11) is 0. The van der Waals surface area contributed by atoms with Crippen LogP contribution in [0.25, 0.3) is 0 Å². The number of aromatic amines is 1. The molecule has 112 valence electrons. The van der Waals surface area contributed by atoms with E-state index in [0.29, 0.717) is 12.3 Å². The minimum atomic E-state index is -4.08. The highest BCUT2D eigenvalue weighted by molar-refractivity contribution is 5.19. The molecule has 0 bridgehead atoms. The molecule has 2 aliphatic carbocycles. The predicted molar refractivity (Wildman–Crippen MR) is 70.4 cm³/mol. The van der Waals surface area contributed by atoms with Crippen LogP contribution in [-0.2, 0) is 19.3 Å². The van der Waals surface area contributed by atoms with Crippen LogP contribution in [0.4, 0.5) is 13.2 Å². The van der Waals surface area contributed by atoms with Crippen LogP contribution in [0.5, 0.6) is 0 Å².